The predicted octanol–water partition coefficient (Wildman–Crippen LogP) is 0.254. The zero-order chi connectivity index (χ0) is 22.6. The van der Waals surface area contributed by atoms with Crippen LogP contribution in [0.4, 0.5) is 5.69 Å². The lowest BCUT2D eigenvalue weighted by atomic mass is 10.1. The van der Waals surface area contributed by atoms with Crippen LogP contribution in [0.5, 0.6) is 0 Å². The van der Waals surface area contributed by atoms with E-state index in [1.165, 1.54) is 18.2 Å². The number of non-ortho nitro benzene ring substituents is 1. The molecule has 2 amide bonds. The van der Waals surface area contributed by atoms with Crippen molar-refractivity contribution in [2.75, 3.05) is 17.3 Å². The number of rotatable bonds is 7. The lowest BCUT2D eigenvalue weighted by Crippen LogP contribution is -2.42. The van der Waals surface area contributed by atoms with Crippen LogP contribution in [0.1, 0.15) is 22.6 Å². The van der Waals surface area contributed by atoms with E-state index in [0.717, 1.165) is 17.8 Å². The maximum atomic E-state index is 12.0. The number of aromatic nitrogens is 3. The Labute approximate surface area is 181 Å². The minimum absolute atomic E-state index is 0.0121. The summed E-state index contributed by atoms with van der Waals surface area (Å²) in [5.41, 5.74) is 4.25. The molecule has 1 fully saturated rings. The quantitative estimate of drug-likeness (QED) is 0.329. The number of hydrazine groups is 1. The molecule has 2 aromatic rings. The van der Waals surface area contributed by atoms with Crippen molar-refractivity contribution >= 4 is 39.1 Å². The second-order valence-corrected chi connectivity index (χ2v) is 10.2. The Morgan fingerprint density at radius 2 is 2.10 bits per heavy atom. The van der Waals surface area contributed by atoms with Crippen LogP contribution < -0.4 is 10.9 Å². The molecule has 0 aliphatic carbocycles. The van der Waals surface area contributed by atoms with E-state index in [2.05, 4.69) is 21.0 Å². The highest BCUT2D eigenvalue weighted by Crippen LogP contribution is 2.23. The molecular weight excluding hydrogens is 448 g/mol. The second-order valence-electron chi connectivity index (χ2n) is 7.03. The number of hydrogen-bond donors (Lipinski definition) is 2. The third-order valence-electron chi connectivity index (χ3n) is 4.69. The Bertz CT molecular complexity index is 1120. The van der Waals surface area contributed by atoms with Gasteiger partial charge in [-0.15, -0.1) is 10.2 Å². The molecular formula is C17H20N6O6S2. The Balaban J connectivity index is 1.48. The van der Waals surface area contributed by atoms with E-state index in [1.807, 2.05) is 0 Å². The number of carbonyl (C=O) groups is 2. The van der Waals surface area contributed by atoms with Crippen molar-refractivity contribution in [2.24, 2.45) is 13.0 Å². The van der Waals surface area contributed by atoms with Crippen LogP contribution in [0.25, 0.3) is 0 Å². The maximum Gasteiger partial charge on any atom is 0.270 e. The van der Waals surface area contributed by atoms with Gasteiger partial charge < -0.3 is 4.57 Å². The molecule has 166 valence electrons. The van der Waals surface area contributed by atoms with Crippen LogP contribution in [-0.2, 0) is 28.1 Å². The predicted molar refractivity (Wildman–Crippen MR) is 111 cm³/mol. The fraction of sp³-hybridized carbons (Fsp3) is 0.412. The van der Waals surface area contributed by atoms with Crippen molar-refractivity contribution in [3.63, 3.8) is 0 Å². The molecule has 12 nitrogen and oxygen atoms in total. The summed E-state index contributed by atoms with van der Waals surface area (Å²) < 4.78 is 24.9. The van der Waals surface area contributed by atoms with E-state index in [-0.39, 0.29) is 34.4 Å². The van der Waals surface area contributed by atoms with Gasteiger partial charge in [-0.1, -0.05) is 17.8 Å². The molecule has 2 heterocycles. The van der Waals surface area contributed by atoms with Gasteiger partial charge in [0.25, 0.3) is 11.6 Å². The molecule has 3 rings (SSSR count). The summed E-state index contributed by atoms with van der Waals surface area (Å²) in [4.78, 5) is 34.2. The van der Waals surface area contributed by atoms with Crippen molar-refractivity contribution in [1.29, 1.82) is 0 Å². The monoisotopic (exact) mass is 468 g/mol. The number of sulfone groups is 1. The number of benzene rings is 1. The van der Waals surface area contributed by atoms with E-state index in [1.54, 1.807) is 11.6 Å². The molecule has 0 spiro atoms. The zero-order valence-electron chi connectivity index (χ0n) is 16.5. The molecule has 1 aliphatic heterocycles. The maximum absolute atomic E-state index is 12.0. The van der Waals surface area contributed by atoms with Crippen LogP contribution in [0, 0.1) is 16.0 Å². The van der Waals surface area contributed by atoms with Crippen LogP contribution in [-0.4, -0.2) is 57.2 Å². The van der Waals surface area contributed by atoms with Gasteiger partial charge in [0.2, 0.25) is 5.91 Å². The lowest BCUT2D eigenvalue weighted by molar-refractivity contribution is -0.384. The fourth-order valence-electron chi connectivity index (χ4n) is 3.07. The molecule has 1 aliphatic rings. The zero-order valence-corrected chi connectivity index (χ0v) is 18.1. The summed E-state index contributed by atoms with van der Waals surface area (Å²) in [6.45, 7) is 0. The van der Waals surface area contributed by atoms with Gasteiger partial charge in [-0.25, -0.2) is 8.42 Å². The highest BCUT2D eigenvalue weighted by molar-refractivity contribution is 7.99. The first-order valence-electron chi connectivity index (χ1n) is 9.20. The molecule has 1 aromatic heterocycles. The summed E-state index contributed by atoms with van der Waals surface area (Å²) in [6.07, 6.45) is 1.10. The van der Waals surface area contributed by atoms with Crippen LogP contribution in [0.2, 0.25) is 0 Å². The molecule has 1 atom stereocenters. The SMILES string of the molecule is Cn1c(CC2CCS(=O)(=O)C2)nnc1SCC(=O)NNC(=O)c1cccc([N+](=O)[O-])c1. The van der Waals surface area contributed by atoms with Crippen LogP contribution >= 0.6 is 11.8 Å². The fourth-order valence-corrected chi connectivity index (χ4v) is 5.66. The van der Waals surface area contributed by atoms with E-state index in [9.17, 15) is 28.1 Å². The summed E-state index contributed by atoms with van der Waals surface area (Å²) in [7, 11) is -1.23. The molecule has 1 aromatic carbocycles. The van der Waals surface area contributed by atoms with E-state index < -0.39 is 26.6 Å². The summed E-state index contributed by atoms with van der Waals surface area (Å²) in [5.74, 6) is -0.250. The van der Waals surface area contributed by atoms with Gasteiger partial charge in [0.05, 0.1) is 22.2 Å². The number of nitrogens with zero attached hydrogens (tertiary/aromatic N) is 4. The third-order valence-corrected chi connectivity index (χ3v) is 7.55. The molecule has 14 heteroatoms. The number of carbonyl (C=O) groups excluding carboxylic acids is 2. The average Bonchev–Trinajstić information content (AvgIpc) is 3.26. The molecule has 1 unspecified atom stereocenters. The third kappa shape index (κ3) is 6.01. The van der Waals surface area contributed by atoms with Gasteiger partial charge >= 0.3 is 0 Å². The summed E-state index contributed by atoms with van der Waals surface area (Å²) >= 11 is 1.11. The van der Waals surface area contributed by atoms with Crippen molar-refractivity contribution in [1.82, 2.24) is 25.6 Å². The number of thioether (sulfide) groups is 1. The van der Waals surface area contributed by atoms with E-state index in [4.69, 9.17) is 0 Å². The summed E-state index contributed by atoms with van der Waals surface area (Å²) in [6, 6.07) is 5.12. The molecule has 2 N–H and O–H groups in total. The van der Waals surface area contributed by atoms with Crippen molar-refractivity contribution in [3.05, 3.63) is 45.8 Å². The number of nitro groups is 1. The van der Waals surface area contributed by atoms with Crippen LogP contribution in [0.15, 0.2) is 29.4 Å². The molecule has 0 saturated carbocycles. The van der Waals surface area contributed by atoms with Gasteiger partial charge in [0, 0.05) is 31.2 Å². The molecule has 0 bridgehead atoms. The smallest absolute Gasteiger partial charge is 0.270 e. The lowest BCUT2D eigenvalue weighted by Gasteiger charge is -2.08. The topological polar surface area (TPSA) is 166 Å². The number of amides is 2. The normalized spacial score (nSPS) is 17.3. The van der Waals surface area contributed by atoms with Gasteiger partial charge in [0.15, 0.2) is 15.0 Å². The number of nitro benzene ring substituents is 1. The minimum Gasteiger partial charge on any atom is -0.309 e. The van der Waals surface area contributed by atoms with Crippen molar-refractivity contribution in [2.45, 2.75) is 18.0 Å². The Hall–Kier alpha value is -3.00. The first-order valence-corrected chi connectivity index (χ1v) is 12.0. The van der Waals surface area contributed by atoms with Gasteiger partial charge in [-0.2, -0.15) is 0 Å². The Morgan fingerprint density at radius 1 is 1.32 bits per heavy atom. The second kappa shape index (κ2) is 9.43. The first kappa shape index (κ1) is 22.7. The highest BCUT2D eigenvalue weighted by Gasteiger charge is 2.29. The average molecular weight is 469 g/mol. The molecule has 0 radical (unpaired) electrons. The largest absolute Gasteiger partial charge is 0.309 e. The Morgan fingerprint density at radius 3 is 2.77 bits per heavy atom. The standard InChI is InChI=1S/C17H20N6O6S2/c1-22-14(7-11-5-6-31(28,29)10-11)18-21-17(22)30-9-15(24)19-20-16(25)12-3-2-4-13(8-12)23(26)27/h2-4,8,11H,5-7,9-10H2,1H3,(H,19,24)(H,20,25). The molecule has 1 saturated heterocycles. The van der Waals surface area contributed by atoms with Gasteiger partial charge in [-0.3, -0.25) is 30.6 Å². The highest BCUT2D eigenvalue weighted by atomic mass is 32.2. The molecule has 31 heavy (non-hydrogen) atoms. The number of hydrogen-bond acceptors (Lipinski definition) is 9. The number of nitrogens with one attached hydrogen (secondary N) is 2. The van der Waals surface area contributed by atoms with Gasteiger partial charge in [0.1, 0.15) is 5.82 Å². The first-order chi connectivity index (χ1) is 14.6. The van der Waals surface area contributed by atoms with E-state index in [0.29, 0.717) is 23.8 Å². The van der Waals surface area contributed by atoms with Gasteiger partial charge in [-0.05, 0) is 18.4 Å². The van der Waals surface area contributed by atoms with E-state index >= 15 is 0 Å². The Kier molecular flexibility index (Phi) is 6.90. The van der Waals surface area contributed by atoms with Crippen LogP contribution in [0.3, 0.4) is 0 Å². The van der Waals surface area contributed by atoms with Crippen molar-refractivity contribution in [3.8, 4) is 0 Å². The minimum atomic E-state index is -2.97. The summed E-state index contributed by atoms with van der Waals surface area (Å²) in [5, 5.41) is 19.4. The van der Waals surface area contributed by atoms with Crippen molar-refractivity contribution < 1.29 is 22.9 Å².